The molecular weight excluding hydrogens is 695 g/mol. The van der Waals surface area contributed by atoms with Gasteiger partial charge in [0.2, 0.25) is 11.8 Å². The number of benzene rings is 2. The van der Waals surface area contributed by atoms with Crippen molar-refractivity contribution in [2.45, 2.75) is 88.1 Å². The maximum Gasteiger partial charge on any atom is 0.418 e. The number of nitrogen functional groups attached to an aromatic ring is 1. The molecule has 2 aromatic rings. The molecule has 10 nitrogen and oxygen atoms in total. The third-order valence-corrected chi connectivity index (χ3v) is 12.7. The van der Waals surface area contributed by atoms with Gasteiger partial charge >= 0.3 is 12.2 Å². The maximum atomic E-state index is 14.2. The van der Waals surface area contributed by atoms with Crippen LogP contribution in [-0.2, 0) is 28.6 Å². The van der Waals surface area contributed by atoms with Crippen LogP contribution in [0.5, 0.6) is 0 Å². The standard InChI is InChI=1S/C38H49ClF3N7O3/c1-45-28-6-7-29(45)23-30(22-28)46-14-16-48(17-15-46)36(51)26(18-24-19-31(38(40,41)42)35(43)32(39)20-24)21-34(50)47-11-9-27(10-12-47)49-13-8-25-4-2-3-5-33(25)44-37(49)52/h2-5,19-20,26-30H,6-18,21-23,43H2,1H3,(H,44,52)/t26?,28-,29?,30?/m0/s1. The van der Waals surface area contributed by atoms with Crippen LogP contribution in [0.3, 0.4) is 0 Å². The second kappa shape index (κ2) is 15.1. The molecular formula is C38H49ClF3N7O3. The van der Waals surface area contributed by atoms with Crippen LogP contribution >= 0.6 is 11.6 Å². The molecule has 0 aromatic heterocycles. The van der Waals surface area contributed by atoms with Gasteiger partial charge in [0.25, 0.3) is 0 Å². The predicted octanol–water partition coefficient (Wildman–Crippen LogP) is 5.34. The first-order valence-corrected chi connectivity index (χ1v) is 19.1. The molecule has 5 aliphatic rings. The van der Waals surface area contributed by atoms with E-state index in [2.05, 4.69) is 22.2 Å². The molecule has 5 heterocycles. The first kappa shape index (κ1) is 36.8. The molecule has 3 N–H and O–H groups in total. The van der Waals surface area contributed by atoms with Gasteiger partial charge in [-0.05, 0) is 87.7 Å². The van der Waals surface area contributed by atoms with E-state index in [1.165, 1.54) is 18.9 Å². The van der Waals surface area contributed by atoms with Crippen molar-refractivity contribution < 1.29 is 27.6 Å². The van der Waals surface area contributed by atoms with Crippen LogP contribution in [0.25, 0.3) is 0 Å². The number of rotatable bonds is 7. The predicted molar refractivity (Wildman–Crippen MR) is 194 cm³/mol. The lowest BCUT2D eigenvalue weighted by Crippen LogP contribution is -2.56. The Labute approximate surface area is 308 Å². The summed E-state index contributed by atoms with van der Waals surface area (Å²) in [5.41, 5.74) is 6.22. The van der Waals surface area contributed by atoms with E-state index in [-0.39, 0.29) is 47.3 Å². The zero-order valence-electron chi connectivity index (χ0n) is 29.7. The molecule has 5 aliphatic heterocycles. The number of urea groups is 1. The van der Waals surface area contributed by atoms with Crippen molar-refractivity contribution in [3.05, 3.63) is 58.1 Å². The molecule has 0 aliphatic carbocycles. The Balaban J connectivity index is 1.01. The van der Waals surface area contributed by atoms with Gasteiger partial charge < -0.3 is 30.7 Å². The SMILES string of the molecule is CN1C2CC[C@H]1CC(N1CCN(C(=O)C(CC(=O)N3CCC(N4CCc5ccccc5NC4=O)CC3)Cc3cc(Cl)c(N)c(C(F)(F)F)c3)CC1)C2. The first-order valence-electron chi connectivity index (χ1n) is 18.7. The summed E-state index contributed by atoms with van der Waals surface area (Å²) in [5.74, 6) is -1.32. The van der Waals surface area contributed by atoms with E-state index >= 15 is 0 Å². The Bertz CT molecular complexity index is 1650. The number of fused-ring (bicyclic) bond motifs is 3. The molecule has 52 heavy (non-hydrogen) atoms. The number of nitrogens with two attached hydrogens (primary N) is 1. The van der Waals surface area contributed by atoms with Crippen molar-refractivity contribution in [2.75, 3.05) is 63.9 Å². The van der Waals surface area contributed by atoms with E-state index in [4.69, 9.17) is 17.3 Å². The number of likely N-dealkylation sites (tertiary alicyclic amines) is 1. The third-order valence-electron chi connectivity index (χ3n) is 12.4. The summed E-state index contributed by atoms with van der Waals surface area (Å²) in [6.07, 6.45) is 1.72. The maximum absolute atomic E-state index is 14.2. The molecule has 4 saturated heterocycles. The van der Waals surface area contributed by atoms with Gasteiger partial charge in [0.05, 0.1) is 22.2 Å². The van der Waals surface area contributed by atoms with E-state index in [0.29, 0.717) is 63.7 Å². The Morgan fingerprint density at radius 3 is 2.25 bits per heavy atom. The number of halogens is 4. The lowest BCUT2D eigenvalue weighted by atomic mass is 9.91. The largest absolute Gasteiger partial charge is 0.418 e. The number of amides is 4. The summed E-state index contributed by atoms with van der Waals surface area (Å²) < 4.78 is 41.7. The highest BCUT2D eigenvalue weighted by Gasteiger charge is 2.42. The van der Waals surface area contributed by atoms with E-state index in [1.807, 2.05) is 29.2 Å². The first-order chi connectivity index (χ1) is 24.9. The topological polar surface area (TPSA) is 105 Å². The summed E-state index contributed by atoms with van der Waals surface area (Å²) in [4.78, 5) is 51.6. The Morgan fingerprint density at radius 2 is 1.58 bits per heavy atom. The number of nitrogens with one attached hydrogen (secondary N) is 1. The number of alkyl halides is 3. The van der Waals surface area contributed by atoms with Gasteiger partial charge in [-0.2, -0.15) is 13.2 Å². The van der Waals surface area contributed by atoms with E-state index in [9.17, 15) is 27.6 Å². The van der Waals surface area contributed by atoms with Crippen molar-refractivity contribution in [1.82, 2.24) is 24.5 Å². The molecule has 3 unspecified atom stereocenters. The quantitative estimate of drug-likeness (QED) is 0.372. The third kappa shape index (κ3) is 7.72. The van der Waals surface area contributed by atoms with Crippen LogP contribution in [-0.4, -0.2) is 119 Å². The second-order valence-electron chi connectivity index (χ2n) is 15.3. The zero-order chi connectivity index (χ0) is 36.7. The van der Waals surface area contributed by atoms with Crippen molar-refractivity contribution in [3.8, 4) is 0 Å². The number of carbonyl (C=O) groups excluding carboxylic acids is 3. The minimum absolute atomic E-state index is 0.0375. The summed E-state index contributed by atoms with van der Waals surface area (Å²) in [5, 5.41) is 2.79. The molecule has 2 aromatic carbocycles. The highest BCUT2D eigenvalue weighted by molar-refractivity contribution is 6.33. The lowest BCUT2D eigenvalue weighted by Gasteiger charge is -2.45. The number of carbonyl (C=O) groups is 3. The van der Waals surface area contributed by atoms with Gasteiger partial charge in [0.15, 0.2) is 0 Å². The Morgan fingerprint density at radius 1 is 0.904 bits per heavy atom. The molecule has 4 amide bonds. The summed E-state index contributed by atoms with van der Waals surface area (Å²) >= 11 is 6.18. The summed E-state index contributed by atoms with van der Waals surface area (Å²) in [6.45, 7) is 3.90. The van der Waals surface area contributed by atoms with E-state index < -0.39 is 23.3 Å². The minimum Gasteiger partial charge on any atom is -0.397 e. The fraction of sp³-hybridized carbons (Fsp3) is 0.605. The average Bonchev–Trinajstić information content (AvgIpc) is 3.27. The van der Waals surface area contributed by atoms with Crippen LogP contribution in [0.15, 0.2) is 36.4 Å². The number of hydrogen-bond donors (Lipinski definition) is 2. The van der Waals surface area contributed by atoms with Crippen LogP contribution in [0.1, 0.15) is 61.6 Å². The Hall–Kier alpha value is -3.55. The monoisotopic (exact) mass is 743 g/mol. The number of anilines is 2. The minimum atomic E-state index is -4.72. The number of hydrogen-bond acceptors (Lipinski definition) is 6. The molecule has 4 fully saturated rings. The molecule has 0 saturated carbocycles. The van der Waals surface area contributed by atoms with Gasteiger partial charge in [-0.15, -0.1) is 0 Å². The summed E-state index contributed by atoms with van der Waals surface area (Å²) in [6, 6.07) is 11.6. The zero-order valence-corrected chi connectivity index (χ0v) is 30.5. The second-order valence-corrected chi connectivity index (χ2v) is 15.7. The van der Waals surface area contributed by atoms with Gasteiger partial charge in [0.1, 0.15) is 0 Å². The molecule has 2 bridgehead atoms. The van der Waals surface area contributed by atoms with Crippen LogP contribution in [0.4, 0.5) is 29.3 Å². The van der Waals surface area contributed by atoms with Crippen molar-refractivity contribution in [3.63, 3.8) is 0 Å². The van der Waals surface area contributed by atoms with Crippen LogP contribution < -0.4 is 11.1 Å². The van der Waals surface area contributed by atoms with Gasteiger partial charge in [-0.3, -0.25) is 14.5 Å². The number of para-hydroxylation sites is 1. The number of nitrogens with zero attached hydrogens (tertiary/aromatic N) is 5. The van der Waals surface area contributed by atoms with Crippen LogP contribution in [0, 0.1) is 5.92 Å². The highest BCUT2D eigenvalue weighted by atomic mass is 35.5. The molecule has 4 atom stereocenters. The summed E-state index contributed by atoms with van der Waals surface area (Å²) in [7, 11) is 2.22. The van der Waals surface area contributed by atoms with E-state index in [0.717, 1.165) is 49.7 Å². The molecule has 14 heteroatoms. The molecule has 282 valence electrons. The highest BCUT2D eigenvalue weighted by Crippen LogP contribution is 2.39. The normalized spacial score (nSPS) is 25.4. The van der Waals surface area contributed by atoms with Crippen LogP contribution in [0.2, 0.25) is 5.02 Å². The van der Waals surface area contributed by atoms with Gasteiger partial charge in [-0.1, -0.05) is 29.8 Å². The number of piperazine rings is 1. The Kier molecular flexibility index (Phi) is 10.7. The van der Waals surface area contributed by atoms with Gasteiger partial charge in [-0.25, -0.2) is 4.79 Å². The van der Waals surface area contributed by atoms with Gasteiger partial charge in [0, 0.05) is 82.1 Å². The molecule has 0 radical (unpaired) electrons. The molecule has 7 rings (SSSR count). The van der Waals surface area contributed by atoms with Crippen molar-refractivity contribution in [2.24, 2.45) is 5.92 Å². The fourth-order valence-electron chi connectivity index (χ4n) is 9.31. The smallest absolute Gasteiger partial charge is 0.397 e. The average molecular weight is 744 g/mol. The molecule has 0 spiro atoms. The lowest BCUT2D eigenvalue weighted by molar-refractivity contribution is -0.143. The van der Waals surface area contributed by atoms with Crippen molar-refractivity contribution in [1.29, 1.82) is 0 Å². The number of piperidine rings is 2. The van der Waals surface area contributed by atoms with E-state index in [1.54, 1.807) is 9.80 Å². The fourth-order valence-corrected chi connectivity index (χ4v) is 9.55. The van der Waals surface area contributed by atoms with Crippen molar-refractivity contribution >= 4 is 40.8 Å².